The second kappa shape index (κ2) is 20.9. The summed E-state index contributed by atoms with van der Waals surface area (Å²) in [6, 6.07) is 24.4. The van der Waals surface area contributed by atoms with E-state index in [1.807, 2.05) is 0 Å². The van der Waals surface area contributed by atoms with Gasteiger partial charge >= 0.3 is 7.12 Å². The van der Waals surface area contributed by atoms with Crippen molar-refractivity contribution in [2.75, 3.05) is 49.3 Å². The summed E-state index contributed by atoms with van der Waals surface area (Å²) >= 11 is 3.36. The predicted molar refractivity (Wildman–Crippen MR) is 261 cm³/mol. The molecule has 0 spiro atoms. The molecule has 0 saturated carbocycles. The van der Waals surface area contributed by atoms with Gasteiger partial charge in [-0.3, -0.25) is 28.2 Å². The fourth-order valence-corrected chi connectivity index (χ4v) is 8.43. The van der Waals surface area contributed by atoms with Crippen molar-refractivity contribution in [3.63, 3.8) is 0 Å². The first-order chi connectivity index (χ1) is 32.1. The highest BCUT2D eigenvalue weighted by atomic mass is 79.9. The van der Waals surface area contributed by atoms with E-state index in [-0.39, 0.29) is 34.5 Å². The van der Waals surface area contributed by atoms with E-state index in [1.54, 1.807) is 67.1 Å². The second-order valence-electron chi connectivity index (χ2n) is 14.8. The number of furan rings is 2. The number of hydrogen-bond acceptors (Lipinski definition) is 12. The van der Waals surface area contributed by atoms with Crippen molar-refractivity contribution in [3.05, 3.63) is 149 Å². The third-order valence-electron chi connectivity index (χ3n) is 10.3. The molecule has 2 amide bonds. The van der Waals surface area contributed by atoms with Crippen LogP contribution < -0.4 is 24.7 Å². The van der Waals surface area contributed by atoms with Crippen molar-refractivity contribution in [2.45, 2.75) is 0 Å². The number of amides is 2. The van der Waals surface area contributed by atoms with Crippen LogP contribution in [0.1, 0.15) is 20.7 Å². The predicted octanol–water partition coefficient (Wildman–Crippen LogP) is 6.57. The maximum absolute atomic E-state index is 13.4. The zero-order valence-electron chi connectivity index (χ0n) is 37.0. The third kappa shape index (κ3) is 11.2. The molecule has 4 aromatic heterocycles. The van der Waals surface area contributed by atoms with Gasteiger partial charge in [0.2, 0.25) is 20.0 Å². The monoisotopic (exact) mass is 1030 g/mol. The van der Waals surface area contributed by atoms with Crippen LogP contribution in [0, 0.1) is 11.6 Å². The highest BCUT2D eigenvalue weighted by molar-refractivity contribution is 9.10. The quantitative estimate of drug-likeness (QED) is 0.107. The van der Waals surface area contributed by atoms with Gasteiger partial charge in [-0.25, -0.2) is 25.6 Å². The fourth-order valence-electron chi connectivity index (χ4n) is 6.69. The van der Waals surface area contributed by atoms with Crippen molar-refractivity contribution >= 4 is 93.7 Å². The Labute approximate surface area is 398 Å². The summed E-state index contributed by atoms with van der Waals surface area (Å²) in [6.45, 7) is 0. The molecule has 22 heteroatoms. The van der Waals surface area contributed by atoms with E-state index in [2.05, 4.69) is 36.5 Å². The molecule has 0 aliphatic heterocycles. The number of carbonyl (C=O) groups excluding carboxylic acids is 2. The SMILES string of the molecule is CNC(=O)c1c(-c2ccc(F)cc2)oc2cc(N(C)S(C)(=O)=O)c(-c3cccnc3)cc12.CNC(=O)c1c(-c2ccc(F)cc2)oc2cc(N(C)S(C)(=O)=O)c(Br)cc12.OB(O)c1cccnc1. The summed E-state index contributed by atoms with van der Waals surface area (Å²) < 4.78 is 89.7. The fraction of sp³-hybridized carbons (Fsp3) is 0.130. The standard InChI is InChI=1S/C23H20FN3O4S.C18H16BrFN2O4S.C5H6BNO2/c1-25-23(28)21-18-11-17(15-5-4-10-26-13-15)19(27(2)32(3,29)30)12-20(18)31-22(21)14-6-8-16(24)9-7-14;1-21-18(23)16-12-8-13(19)14(22(2)27(3,24)25)9-15(12)26-17(16)10-4-6-11(20)7-5-10;8-6(9)5-2-1-3-7-4-5/h4-13H,1-3H3,(H,25,28);4-9H,1-3H3,(H,21,23);1-4,8-9H. The first-order valence-corrected chi connectivity index (χ1v) is 24.5. The van der Waals surface area contributed by atoms with Gasteiger partial charge in [0.15, 0.2) is 0 Å². The minimum atomic E-state index is -3.59. The number of sulfonamides is 2. The molecule has 8 rings (SSSR count). The Kier molecular flexibility index (Phi) is 15.5. The highest BCUT2D eigenvalue weighted by Gasteiger charge is 2.27. The Morgan fingerprint density at radius 1 is 0.647 bits per heavy atom. The normalized spacial score (nSPS) is 11.2. The second-order valence-corrected chi connectivity index (χ2v) is 19.7. The first-order valence-electron chi connectivity index (χ1n) is 20.0. The lowest BCUT2D eigenvalue weighted by Gasteiger charge is -2.20. The molecule has 0 atom stereocenters. The zero-order valence-corrected chi connectivity index (χ0v) is 40.2. The van der Waals surface area contributed by atoms with Gasteiger partial charge < -0.3 is 29.5 Å². The van der Waals surface area contributed by atoms with E-state index < -0.39 is 38.8 Å². The topological polar surface area (TPSA) is 225 Å². The van der Waals surface area contributed by atoms with E-state index in [0.29, 0.717) is 65.5 Å². The van der Waals surface area contributed by atoms with Gasteiger partial charge in [0.25, 0.3) is 11.8 Å². The van der Waals surface area contributed by atoms with Crippen LogP contribution in [0.3, 0.4) is 0 Å². The maximum Gasteiger partial charge on any atom is 0.490 e. The summed E-state index contributed by atoms with van der Waals surface area (Å²) in [5.41, 5.74) is 4.65. The number of aromatic nitrogens is 2. The molecule has 0 radical (unpaired) electrons. The molecule has 4 heterocycles. The number of rotatable bonds is 10. The molecule has 0 unspecified atom stereocenters. The van der Waals surface area contributed by atoms with Gasteiger partial charge in [-0.05, 0) is 88.7 Å². The van der Waals surface area contributed by atoms with Gasteiger partial charge in [-0.15, -0.1) is 0 Å². The Balaban J connectivity index is 0.000000191. The molecular formula is C46H42BBrF2N6O10S2. The average Bonchev–Trinajstić information content (AvgIpc) is 3.88. The minimum Gasteiger partial charge on any atom is -0.455 e. The highest BCUT2D eigenvalue weighted by Crippen LogP contribution is 2.42. The van der Waals surface area contributed by atoms with Crippen LogP contribution in [-0.4, -0.2) is 96.5 Å². The molecule has 0 bridgehead atoms. The molecule has 0 saturated heterocycles. The van der Waals surface area contributed by atoms with E-state index >= 15 is 0 Å². The maximum atomic E-state index is 13.4. The number of carbonyl (C=O) groups is 2. The Morgan fingerprint density at radius 3 is 1.49 bits per heavy atom. The van der Waals surface area contributed by atoms with Crippen molar-refractivity contribution in [3.8, 4) is 33.8 Å². The minimum absolute atomic E-state index is 0.260. The third-order valence-corrected chi connectivity index (χ3v) is 13.3. The number of fused-ring (bicyclic) bond motifs is 2. The summed E-state index contributed by atoms with van der Waals surface area (Å²) in [5.74, 6) is -1.04. The van der Waals surface area contributed by atoms with Crippen molar-refractivity contribution in [2.24, 2.45) is 0 Å². The summed E-state index contributed by atoms with van der Waals surface area (Å²) in [6.07, 6.45) is 8.40. The van der Waals surface area contributed by atoms with Gasteiger partial charge in [0, 0.05) is 108 Å². The number of hydrogen-bond donors (Lipinski definition) is 4. The van der Waals surface area contributed by atoms with E-state index in [1.165, 1.54) is 82.9 Å². The average molecular weight is 1030 g/mol. The van der Waals surface area contributed by atoms with E-state index in [9.17, 15) is 35.2 Å². The van der Waals surface area contributed by atoms with Crippen LogP contribution in [0.5, 0.6) is 0 Å². The number of pyridine rings is 2. The van der Waals surface area contributed by atoms with Crippen LogP contribution in [0.4, 0.5) is 20.2 Å². The molecule has 0 aliphatic carbocycles. The molecule has 0 aliphatic rings. The number of nitrogens with zero attached hydrogens (tertiary/aromatic N) is 4. The first kappa shape index (κ1) is 50.4. The Morgan fingerprint density at radius 2 is 1.09 bits per heavy atom. The Bertz CT molecular complexity index is 3350. The summed E-state index contributed by atoms with van der Waals surface area (Å²) in [7, 11) is -2.61. The summed E-state index contributed by atoms with van der Waals surface area (Å²) in [5, 5.41) is 23.3. The number of anilines is 2. The van der Waals surface area contributed by atoms with E-state index in [4.69, 9.17) is 18.9 Å². The molecule has 16 nitrogen and oxygen atoms in total. The van der Waals surface area contributed by atoms with Crippen LogP contribution >= 0.6 is 15.9 Å². The van der Waals surface area contributed by atoms with Crippen LogP contribution in [-0.2, 0) is 20.0 Å². The summed E-state index contributed by atoms with van der Waals surface area (Å²) in [4.78, 5) is 33.1. The van der Waals surface area contributed by atoms with Gasteiger partial charge in [-0.2, -0.15) is 0 Å². The molecule has 4 N–H and O–H groups in total. The van der Waals surface area contributed by atoms with Gasteiger partial charge in [-0.1, -0.05) is 12.1 Å². The van der Waals surface area contributed by atoms with Crippen molar-refractivity contribution in [1.29, 1.82) is 0 Å². The van der Waals surface area contributed by atoms with Gasteiger partial charge in [0.05, 0.1) is 35.0 Å². The van der Waals surface area contributed by atoms with Crippen LogP contribution in [0.25, 0.3) is 55.7 Å². The molecule has 8 aromatic rings. The molecule has 68 heavy (non-hydrogen) atoms. The number of benzene rings is 4. The lowest BCUT2D eigenvalue weighted by Crippen LogP contribution is -2.29. The smallest absolute Gasteiger partial charge is 0.455 e. The number of nitrogens with one attached hydrogen (secondary N) is 2. The van der Waals surface area contributed by atoms with Crippen LogP contribution in [0.15, 0.2) is 135 Å². The van der Waals surface area contributed by atoms with Crippen LogP contribution in [0.2, 0.25) is 0 Å². The largest absolute Gasteiger partial charge is 0.490 e. The Hall–Kier alpha value is -6.98. The van der Waals surface area contributed by atoms with E-state index in [0.717, 1.165) is 21.1 Å². The van der Waals surface area contributed by atoms with Crippen molar-refractivity contribution in [1.82, 2.24) is 20.6 Å². The lowest BCUT2D eigenvalue weighted by atomic mass is 9.82. The molecule has 4 aromatic carbocycles. The van der Waals surface area contributed by atoms with Crippen molar-refractivity contribution < 1.29 is 54.1 Å². The lowest BCUT2D eigenvalue weighted by molar-refractivity contribution is 0.0956. The molecular weight excluding hydrogens is 989 g/mol. The molecule has 352 valence electrons. The number of halogens is 3. The molecule has 0 fully saturated rings. The zero-order chi connectivity index (χ0) is 49.7. The van der Waals surface area contributed by atoms with Gasteiger partial charge in [0.1, 0.15) is 34.3 Å².